The molecule has 2 atom stereocenters. The minimum absolute atomic E-state index is 0.716. The normalized spacial score (nSPS) is 16.8. The highest BCUT2D eigenvalue weighted by atomic mass is 28.3. The van der Waals surface area contributed by atoms with Crippen molar-refractivity contribution in [3.8, 4) is 0 Å². The van der Waals surface area contributed by atoms with Crippen LogP contribution in [0.25, 0.3) is 0 Å². The van der Waals surface area contributed by atoms with E-state index in [1.54, 1.807) is 0 Å². The molecule has 0 bridgehead atoms. The van der Waals surface area contributed by atoms with Gasteiger partial charge in [-0.1, -0.05) is 39.0 Å². The Kier molecular flexibility index (Phi) is 7.23. The first-order valence-corrected chi connectivity index (χ1v) is 6.96. The number of hydrogen-bond donors (Lipinski definition) is 1. The van der Waals surface area contributed by atoms with Gasteiger partial charge < -0.3 is 9.55 Å². The van der Waals surface area contributed by atoms with Crippen LogP contribution in [-0.4, -0.2) is 34.3 Å². The van der Waals surface area contributed by atoms with Gasteiger partial charge in [0.2, 0.25) is 9.12 Å². The predicted octanol–water partition coefficient (Wildman–Crippen LogP) is 1.52. The molecule has 0 aromatic carbocycles. The predicted molar refractivity (Wildman–Crippen MR) is 63.1 cm³/mol. The van der Waals surface area contributed by atoms with Gasteiger partial charge in [-0.25, -0.2) is 0 Å². The molecule has 0 radical (unpaired) electrons. The van der Waals surface area contributed by atoms with Crippen molar-refractivity contribution in [2.24, 2.45) is 5.92 Å². The van der Waals surface area contributed by atoms with Gasteiger partial charge in [0.05, 0.1) is 0 Å². The zero-order valence-electron chi connectivity index (χ0n) is 9.67. The maximum Gasteiger partial charge on any atom is 0.212 e. The number of nitrogens with one attached hydrogen (secondary N) is 1. The van der Waals surface area contributed by atoms with E-state index in [0.717, 1.165) is 6.54 Å². The summed E-state index contributed by atoms with van der Waals surface area (Å²) in [4.78, 5) is 3.54. The molecule has 0 spiro atoms. The molecule has 13 heavy (non-hydrogen) atoms. The topological polar surface area (TPSA) is 15.3 Å². The summed E-state index contributed by atoms with van der Waals surface area (Å²) in [5.74, 6) is 0.716. The largest absolute Gasteiger partial charge is 0.325 e. The molecule has 0 aromatic rings. The van der Waals surface area contributed by atoms with Crippen molar-refractivity contribution in [3.05, 3.63) is 11.8 Å². The Morgan fingerprint density at radius 2 is 2.00 bits per heavy atom. The third-order valence-corrected chi connectivity index (χ3v) is 4.76. The highest BCUT2D eigenvalue weighted by Gasteiger charge is 2.07. The van der Waals surface area contributed by atoms with Crippen LogP contribution in [0.2, 0.25) is 0 Å². The van der Waals surface area contributed by atoms with E-state index < -0.39 is 9.12 Å². The van der Waals surface area contributed by atoms with Crippen LogP contribution in [0.15, 0.2) is 11.8 Å². The summed E-state index contributed by atoms with van der Waals surface area (Å²) < 4.78 is 2.32. The molecule has 0 rings (SSSR count). The van der Waals surface area contributed by atoms with E-state index in [9.17, 15) is 0 Å². The molecule has 0 fully saturated rings. The van der Waals surface area contributed by atoms with Crippen molar-refractivity contribution in [3.63, 3.8) is 0 Å². The quantitative estimate of drug-likeness (QED) is 0.654. The smallest absolute Gasteiger partial charge is 0.212 e. The average molecular weight is 200 g/mol. The molecule has 1 N–H and O–H groups in total. The molecule has 0 aliphatic heterocycles. The van der Waals surface area contributed by atoms with Crippen molar-refractivity contribution in [2.45, 2.75) is 27.2 Å². The third-order valence-electron chi connectivity index (χ3n) is 2.24. The molecule has 0 amide bonds. The van der Waals surface area contributed by atoms with Gasteiger partial charge in [-0.3, -0.25) is 0 Å². The summed E-state index contributed by atoms with van der Waals surface area (Å²) in [5.41, 5.74) is 2.39. The highest BCUT2D eigenvalue weighted by Crippen LogP contribution is 2.02. The molecular weight excluding hydrogens is 176 g/mol. The maximum absolute atomic E-state index is 3.54. The van der Waals surface area contributed by atoms with Crippen molar-refractivity contribution in [1.82, 2.24) is 9.55 Å². The molecule has 0 aromatic heterocycles. The summed E-state index contributed by atoms with van der Waals surface area (Å²) in [6.07, 6.45) is 3.58. The van der Waals surface area contributed by atoms with Gasteiger partial charge >= 0.3 is 0 Å². The first-order valence-electron chi connectivity index (χ1n) is 5.19. The average Bonchev–Trinajstić information content (AvgIpc) is 2.11. The standard InChI is InChI=1S/C10H24N2Si/c1-6-10(3)8-9-13(11-7-2)12(4)5/h8-11,13H,6-7H2,1-5H3. The Labute approximate surface area is 84.8 Å². The van der Waals surface area contributed by atoms with E-state index in [4.69, 9.17) is 0 Å². The molecule has 0 saturated carbocycles. The highest BCUT2D eigenvalue weighted by molar-refractivity contribution is 6.58. The number of hydrogen-bond acceptors (Lipinski definition) is 2. The first kappa shape index (κ1) is 12.9. The molecular formula is C10H24N2Si. The monoisotopic (exact) mass is 200 g/mol. The lowest BCUT2D eigenvalue weighted by atomic mass is 10.1. The molecule has 2 unspecified atom stereocenters. The van der Waals surface area contributed by atoms with Crippen LogP contribution in [0.3, 0.4) is 0 Å². The first-order chi connectivity index (χ1) is 6.11. The summed E-state index contributed by atoms with van der Waals surface area (Å²) in [7, 11) is 3.33. The molecule has 0 saturated heterocycles. The van der Waals surface area contributed by atoms with Crippen LogP contribution in [0, 0.1) is 5.92 Å². The Bertz CT molecular complexity index is 146. The Morgan fingerprint density at radius 1 is 1.38 bits per heavy atom. The molecule has 0 aliphatic carbocycles. The van der Waals surface area contributed by atoms with Gasteiger partial charge in [0, 0.05) is 0 Å². The fourth-order valence-corrected chi connectivity index (χ4v) is 2.92. The van der Waals surface area contributed by atoms with Gasteiger partial charge in [0.25, 0.3) is 0 Å². The summed E-state index contributed by atoms with van der Waals surface area (Å²) in [6.45, 7) is 7.73. The second-order valence-electron chi connectivity index (χ2n) is 3.74. The molecule has 78 valence electrons. The van der Waals surface area contributed by atoms with Crippen LogP contribution >= 0.6 is 0 Å². The molecule has 0 aliphatic rings. The summed E-state index contributed by atoms with van der Waals surface area (Å²) in [6, 6.07) is 0. The van der Waals surface area contributed by atoms with E-state index in [1.807, 2.05) is 0 Å². The number of rotatable bonds is 6. The number of nitrogens with zero attached hydrogens (tertiary/aromatic N) is 1. The lowest BCUT2D eigenvalue weighted by Crippen LogP contribution is -2.45. The van der Waals surface area contributed by atoms with Crippen molar-refractivity contribution in [1.29, 1.82) is 0 Å². The van der Waals surface area contributed by atoms with Crippen LogP contribution in [-0.2, 0) is 0 Å². The lowest BCUT2D eigenvalue weighted by molar-refractivity contribution is 0.625. The summed E-state index contributed by atoms with van der Waals surface area (Å²) in [5, 5.41) is 0. The fraction of sp³-hybridized carbons (Fsp3) is 0.800. The van der Waals surface area contributed by atoms with E-state index in [2.05, 4.69) is 56.2 Å². The Balaban J connectivity index is 4.00. The van der Waals surface area contributed by atoms with E-state index in [0.29, 0.717) is 5.92 Å². The molecule has 3 heteroatoms. The van der Waals surface area contributed by atoms with Gasteiger partial charge in [-0.15, -0.1) is 0 Å². The van der Waals surface area contributed by atoms with Crippen LogP contribution in [0.5, 0.6) is 0 Å². The second kappa shape index (κ2) is 7.30. The Hall–Kier alpha value is -0.123. The maximum atomic E-state index is 3.54. The van der Waals surface area contributed by atoms with E-state index in [1.165, 1.54) is 6.42 Å². The van der Waals surface area contributed by atoms with Gasteiger partial charge in [0.1, 0.15) is 0 Å². The van der Waals surface area contributed by atoms with Crippen molar-refractivity contribution < 1.29 is 0 Å². The van der Waals surface area contributed by atoms with Crippen molar-refractivity contribution in [2.75, 3.05) is 20.6 Å². The summed E-state index contributed by atoms with van der Waals surface area (Å²) >= 11 is 0. The number of allylic oxidation sites excluding steroid dienone is 1. The van der Waals surface area contributed by atoms with Crippen LogP contribution < -0.4 is 4.98 Å². The lowest BCUT2D eigenvalue weighted by Gasteiger charge is -2.19. The van der Waals surface area contributed by atoms with E-state index >= 15 is 0 Å². The third kappa shape index (κ3) is 6.02. The van der Waals surface area contributed by atoms with Gasteiger partial charge in [0.15, 0.2) is 0 Å². The zero-order valence-corrected chi connectivity index (χ0v) is 10.8. The molecule has 2 nitrogen and oxygen atoms in total. The molecule has 0 heterocycles. The SMILES string of the molecule is CCN[SiH](C=CC(C)CC)N(C)C. The van der Waals surface area contributed by atoms with Crippen LogP contribution in [0.4, 0.5) is 0 Å². The minimum atomic E-state index is -0.974. The zero-order chi connectivity index (χ0) is 10.3. The van der Waals surface area contributed by atoms with Gasteiger partial charge in [-0.05, 0) is 26.6 Å². The van der Waals surface area contributed by atoms with Crippen molar-refractivity contribution >= 4 is 9.12 Å². The minimum Gasteiger partial charge on any atom is -0.325 e. The second-order valence-corrected chi connectivity index (χ2v) is 6.45. The van der Waals surface area contributed by atoms with E-state index in [-0.39, 0.29) is 0 Å². The fourth-order valence-electron chi connectivity index (χ4n) is 1.06. The van der Waals surface area contributed by atoms with Gasteiger partial charge in [-0.2, -0.15) is 0 Å². The van der Waals surface area contributed by atoms with Crippen LogP contribution in [0.1, 0.15) is 27.2 Å². The Morgan fingerprint density at radius 3 is 2.38 bits per heavy atom.